The largest absolute Gasteiger partial charge is 0.508 e. The van der Waals surface area contributed by atoms with Crippen LogP contribution in [0.3, 0.4) is 0 Å². The number of phenolic OH excluding ortho intramolecular Hbond substituents is 1. The van der Waals surface area contributed by atoms with Gasteiger partial charge in [-0.2, -0.15) is 0 Å². The molecule has 1 aromatic rings. The molecule has 16 heavy (non-hydrogen) atoms. The van der Waals surface area contributed by atoms with Crippen LogP contribution in [-0.4, -0.2) is 17.9 Å². The Kier molecular flexibility index (Phi) is 4.39. The maximum atomic E-state index is 12.1. The molecule has 0 aliphatic heterocycles. The van der Waals surface area contributed by atoms with Crippen LogP contribution in [0.5, 0.6) is 11.5 Å². The van der Waals surface area contributed by atoms with Crippen molar-refractivity contribution in [1.29, 1.82) is 0 Å². The van der Waals surface area contributed by atoms with Gasteiger partial charge in [0.25, 0.3) is 0 Å². The molecule has 5 heteroatoms. The van der Waals surface area contributed by atoms with E-state index in [1.54, 1.807) is 32.9 Å². The van der Waals surface area contributed by atoms with Crippen LogP contribution in [0.2, 0.25) is 0 Å². The van der Waals surface area contributed by atoms with E-state index >= 15 is 0 Å². The highest BCUT2D eigenvalue weighted by Crippen LogP contribution is 2.48. The molecule has 1 N–H and O–H groups in total. The summed E-state index contributed by atoms with van der Waals surface area (Å²) >= 11 is 0. The first kappa shape index (κ1) is 13.1. The second-order valence-electron chi connectivity index (χ2n) is 3.39. The quantitative estimate of drug-likeness (QED) is 0.807. The lowest BCUT2D eigenvalue weighted by Gasteiger charge is -2.18. The summed E-state index contributed by atoms with van der Waals surface area (Å²) in [4.78, 5) is 0. The monoisotopic (exact) mass is 244 g/mol. The summed E-state index contributed by atoms with van der Waals surface area (Å²) in [5.74, 6) is 0.643. The van der Waals surface area contributed by atoms with Crippen molar-refractivity contribution in [3.8, 4) is 11.5 Å². The Hall–Kier alpha value is -0.990. The number of rotatable bonds is 5. The van der Waals surface area contributed by atoms with E-state index in [4.69, 9.17) is 9.05 Å². The number of benzene rings is 1. The van der Waals surface area contributed by atoms with E-state index in [1.165, 1.54) is 6.07 Å². The standard InChI is InChI=1S/C11H17O4P/c1-4-14-16(13,5-2)15-11-7-6-10(12)8-9(11)3/h6-8,12H,4-5H2,1-3H3. The van der Waals surface area contributed by atoms with Crippen molar-refractivity contribution in [2.24, 2.45) is 0 Å². The van der Waals surface area contributed by atoms with Gasteiger partial charge in [0.05, 0.1) is 12.8 Å². The zero-order chi connectivity index (χ0) is 12.2. The molecule has 1 aromatic carbocycles. The summed E-state index contributed by atoms with van der Waals surface area (Å²) in [6.45, 7) is 5.66. The lowest BCUT2D eigenvalue weighted by Crippen LogP contribution is -2.01. The van der Waals surface area contributed by atoms with Crippen molar-refractivity contribution in [1.82, 2.24) is 0 Å². The Morgan fingerprint density at radius 3 is 2.56 bits per heavy atom. The van der Waals surface area contributed by atoms with Gasteiger partial charge in [-0.05, 0) is 37.6 Å². The van der Waals surface area contributed by atoms with Crippen LogP contribution >= 0.6 is 7.60 Å². The van der Waals surface area contributed by atoms with E-state index in [-0.39, 0.29) is 5.75 Å². The highest BCUT2D eigenvalue weighted by molar-refractivity contribution is 7.54. The molecule has 0 aliphatic rings. The minimum absolute atomic E-state index is 0.160. The minimum atomic E-state index is -3.05. The average Bonchev–Trinajstić information content (AvgIpc) is 2.23. The van der Waals surface area contributed by atoms with E-state index in [2.05, 4.69) is 0 Å². The summed E-state index contributed by atoms with van der Waals surface area (Å²) in [7, 11) is -3.05. The van der Waals surface area contributed by atoms with E-state index < -0.39 is 7.60 Å². The second-order valence-corrected chi connectivity index (χ2v) is 5.68. The number of hydrogen-bond donors (Lipinski definition) is 1. The predicted octanol–water partition coefficient (Wildman–Crippen LogP) is 3.33. The van der Waals surface area contributed by atoms with Crippen LogP contribution < -0.4 is 4.52 Å². The van der Waals surface area contributed by atoms with Crippen LogP contribution in [-0.2, 0) is 9.09 Å². The van der Waals surface area contributed by atoms with Crippen molar-refractivity contribution in [2.75, 3.05) is 12.8 Å². The highest BCUT2D eigenvalue weighted by Gasteiger charge is 2.23. The van der Waals surface area contributed by atoms with Gasteiger partial charge >= 0.3 is 7.60 Å². The lowest BCUT2D eigenvalue weighted by molar-refractivity contribution is 0.280. The molecule has 0 saturated heterocycles. The van der Waals surface area contributed by atoms with Gasteiger partial charge in [-0.3, -0.25) is 0 Å². The highest BCUT2D eigenvalue weighted by atomic mass is 31.2. The molecule has 1 atom stereocenters. The minimum Gasteiger partial charge on any atom is -0.508 e. The van der Waals surface area contributed by atoms with Gasteiger partial charge in [-0.25, -0.2) is 4.57 Å². The van der Waals surface area contributed by atoms with Gasteiger partial charge in [0.15, 0.2) is 0 Å². The summed E-state index contributed by atoms with van der Waals surface area (Å²) in [5, 5.41) is 9.24. The van der Waals surface area contributed by atoms with Crippen LogP contribution in [0.15, 0.2) is 18.2 Å². The smallest absolute Gasteiger partial charge is 0.378 e. The van der Waals surface area contributed by atoms with Crippen LogP contribution in [0.4, 0.5) is 0 Å². The molecule has 90 valence electrons. The maximum Gasteiger partial charge on any atom is 0.378 e. The molecule has 0 amide bonds. The van der Waals surface area contributed by atoms with Gasteiger partial charge in [-0.1, -0.05) is 6.92 Å². The van der Waals surface area contributed by atoms with E-state index in [0.717, 1.165) is 5.56 Å². The van der Waals surface area contributed by atoms with Crippen LogP contribution in [0, 0.1) is 6.92 Å². The molecule has 0 spiro atoms. The molecular formula is C11H17O4P. The molecule has 0 aromatic heterocycles. The molecule has 1 rings (SSSR count). The van der Waals surface area contributed by atoms with Crippen molar-refractivity contribution >= 4 is 7.60 Å². The van der Waals surface area contributed by atoms with E-state index in [9.17, 15) is 9.67 Å². The fraction of sp³-hybridized carbons (Fsp3) is 0.455. The first-order valence-corrected chi connectivity index (χ1v) is 6.96. The second kappa shape index (κ2) is 5.37. The van der Waals surface area contributed by atoms with Crippen LogP contribution in [0.25, 0.3) is 0 Å². The van der Waals surface area contributed by atoms with Gasteiger partial charge in [0.1, 0.15) is 11.5 Å². The summed E-state index contributed by atoms with van der Waals surface area (Å²) in [6.07, 6.45) is 0.321. The molecule has 4 nitrogen and oxygen atoms in total. The number of phenols is 1. The molecule has 0 radical (unpaired) electrons. The molecule has 0 heterocycles. The molecule has 0 saturated carbocycles. The summed E-state index contributed by atoms with van der Waals surface area (Å²) in [5.41, 5.74) is 0.730. The fourth-order valence-electron chi connectivity index (χ4n) is 1.26. The normalized spacial score (nSPS) is 14.4. The topological polar surface area (TPSA) is 55.8 Å². The number of hydrogen-bond acceptors (Lipinski definition) is 4. The predicted molar refractivity (Wildman–Crippen MR) is 63.2 cm³/mol. The van der Waals surface area contributed by atoms with Crippen molar-refractivity contribution in [3.05, 3.63) is 23.8 Å². The van der Waals surface area contributed by atoms with Gasteiger partial charge in [-0.15, -0.1) is 0 Å². The van der Waals surface area contributed by atoms with Gasteiger partial charge in [0, 0.05) is 0 Å². The zero-order valence-corrected chi connectivity index (χ0v) is 10.7. The Morgan fingerprint density at radius 1 is 1.38 bits per heavy atom. The van der Waals surface area contributed by atoms with Gasteiger partial charge in [0.2, 0.25) is 0 Å². The third-order valence-corrected chi connectivity index (χ3v) is 4.01. The molecular weight excluding hydrogens is 227 g/mol. The van der Waals surface area contributed by atoms with Crippen molar-refractivity contribution < 1.29 is 18.7 Å². The first-order valence-electron chi connectivity index (χ1n) is 5.23. The van der Waals surface area contributed by atoms with Gasteiger partial charge < -0.3 is 14.2 Å². The lowest BCUT2D eigenvalue weighted by atomic mass is 10.2. The SMILES string of the molecule is CCOP(=O)(CC)Oc1ccc(O)cc1C. The Bertz CT molecular complexity index is 403. The third-order valence-electron chi connectivity index (χ3n) is 2.11. The Balaban J connectivity index is 2.90. The zero-order valence-electron chi connectivity index (χ0n) is 9.77. The average molecular weight is 244 g/mol. The van der Waals surface area contributed by atoms with Crippen molar-refractivity contribution in [3.63, 3.8) is 0 Å². The van der Waals surface area contributed by atoms with E-state index in [1.807, 2.05) is 0 Å². The fourth-order valence-corrected chi connectivity index (χ4v) is 2.53. The third kappa shape index (κ3) is 3.26. The van der Waals surface area contributed by atoms with Crippen LogP contribution in [0.1, 0.15) is 19.4 Å². The molecule has 0 aliphatic carbocycles. The summed E-state index contributed by atoms with van der Waals surface area (Å²) < 4.78 is 22.6. The molecule has 1 unspecified atom stereocenters. The maximum absolute atomic E-state index is 12.1. The summed E-state index contributed by atoms with van der Waals surface area (Å²) in [6, 6.07) is 4.64. The van der Waals surface area contributed by atoms with E-state index in [0.29, 0.717) is 18.5 Å². The molecule has 0 fully saturated rings. The molecule has 0 bridgehead atoms. The Morgan fingerprint density at radius 2 is 2.06 bits per heavy atom. The van der Waals surface area contributed by atoms with Crippen molar-refractivity contribution in [2.45, 2.75) is 20.8 Å². The first-order chi connectivity index (χ1) is 7.50. The number of aryl methyl sites for hydroxylation is 1. The number of aromatic hydroxyl groups is 1. The Labute approximate surface area is 95.7 Å².